The van der Waals surface area contributed by atoms with Crippen LogP contribution in [0.2, 0.25) is 0 Å². The molecule has 1 aromatic carbocycles. The Morgan fingerprint density at radius 2 is 2.11 bits per heavy atom. The van der Waals surface area contributed by atoms with E-state index in [2.05, 4.69) is 5.32 Å². The van der Waals surface area contributed by atoms with E-state index in [1.54, 1.807) is 0 Å². The van der Waals surface area contributed by atoms with Gasteiger partial charge in [-0.3, -0.25) is 0 Å². The van der Waals surface area contributed by atoms with E-state index >= 15 is 0 Å². The van der Waals surface area contributed by atoms with Crippen molar-refractivity contribution in [1.29, 1.82) is 0 Å². The lowest BCUT2D eigenvalue weighted by Gasteiger charge is -2.27. The number of hydrogen-bond donors (Lipinski definition) is 1. The molecular weight excluding hydrogens is 230 g/mol. The Hall–Kier alpha value is -1.71. The van der Waals surface area contributed by atoms with Crippen LogP contribution < -0.4 is 10.1 Å². The van der Waals surface area contributed by atoms with Gasteiger partial charge in [-0.1, -0.05) is 26.0 Å². The van der Waals surface area contributed by atoms with E-state index in [0.717, 1.165) is 5.69 Å². The number of ether oxygens (including phenoxy) is 2. The van der Waals surface area contributed by atoms with Crippen molar-refractivity contribution in [3.05, 3.63) is 24.3 Å². The third-order valence-corrected chi connectivity index (χ3v) is 3.14. The summed E-state index contributed by atoms with van der Waals surface area (Å²) < 4.78 is 11.0. The minimum Gasteiger partial charge on any atom is -0.475 e. The highest BCUT2D eigenvalue weighted by Gasteiger charge is 2.28. The zero-order valence-corrected chi connectivity index (χ0v) is 11.0. The molecule has 18 heavy (non-hydrogen) atoms. The van der Waals surface area contributed by atoms with Gasteiger partial charge in [-0.05, 0) is 25.0 Å². The zero-order valence-electron chi connectivity index (χ0n) is 11.0. The van der Waals surface area contributed by atoms with Crippen molar-refractivity contribution in [2.45, 2.75) is 33.0 Å². The van der Waals surface area contributed by atoms with E-state index in [-0.39, 0.29) is 12.1 Å². The molecule has 0 saturated carbocycles. The first kappa shape index (κ1) is 12.7. The Bertz CT molecular complexity index is 431. The predicted molar refractivity (Wildman–Crippen MR) is 69.7 cm³/mol. The van der Waals surface area contributed by atoms with Gasteiger partial charge in [0.25, 0.3) is 0 Å². The Morgan fingerprint density at radius 1 is 1.39 bits per heavy atom. The molecule has 2 atom stereocenters. The number of carbonyl (C=O) groups is 1. The number of nitrogens with one attached hydrogen (secondary N) is 1. The molecule has 0 aliphatic carbocycles. The van der Waals surface area contributed by atoms with Gasteiger partial charge in [0.2, 0.25) is 6.10 Å². The van der Waals surface area contributed by atoms with E-state index < -0.39 is 6.10 Å². The van der Waals surface area contributed by atoms with Crippen LogP contribution >= 0.6 is 0 Å². The number of fused-ring (bicyclic) bond motifs is 1. The fourth-order valence-corrected chi connectivity index (χ4v) is 1.64. The monoisotopic (exact) mass is 249 g/mol. The lowest BCUT2D eigenvalue weighted by atomic mass is 10.1. The van der Waals surface area contributed by atoms with Crippen LogP contribution in [0.5, 0.6) is 5.75 Å². The summed E-state index contributed by atoms with van der Waals surface area (Å²) in [5, 5.41) is 3.17. The fourth-order valence-electron chi connectivity index (χ4n) is 1.64. The van der Waals surface area contributed by atoms with Crippen LogP contribution in [0, 0.1) is 5.92 Å². The van der Waals surface area contributed by atoms with Crippen molar-refractivity contribution in [3.8, 4) is 5.75 Å². The Morgan fingerprint density at radius 3 is 2.83 bits per heavy atom. The van der Waals surface area contributed by atoms with Crippen LogP contribution in [0.4, 0.5) is 5.69 Å². The third kappa shape index (κ3) is 2.75. The normalized spacial score (nSPS) is 19.4. The predicted octanol–water partition coefficient (Wildman–Crippen LogP) is 2.45. The lowest BCUT2D eigenvalue weighted by Crippen LogP contribution is -2.40. The molecule has 2 rings (SSSR count). The average Bonchev–Trinajstić information content (AvgIpc) is 2.37. The Balaban J connectivity index is 1.98. The molecule has 1 aliphatic rings. The van der Waals surface area contributed by atoms with Crippen molar-refractivity contribution in [1.82, 2.24) is 0 Å². The number of esters is 1. The molecular formula is C14H19NO3. The van der Waals surface area contributed by atoms with E-state index in [9.17, 15) is 4.79 Å². The van der Waals surface area contributed by atoms with Crippen LogP contribution in [-0.2, 0) is 9.53 Å². The highest BCUT2D eigenvalue weighted by molar-refractivity contribution is 5.78. The summed E-state index contributed by atoms with van der Waals surface area (Å²) in [6, 6.07) is 7.57. The van der Waals surface area contributed by atoms with E-state index in [1.807, 2.05) is 45.0 Å². The Kier molecular flexibility index (Phi) is 3.75. The molecule has 2 unspecified atom stereocenters. The molecule has 0 fully saturated rings. The largest absolute Gasteiger partial charge is 0.475 e. The second kappa shape index (κ2) is 5.29. The summed E-state index contributed by atoms with van der Waals surface area (Å²) in [5.74, 6) is 0.693. The van der Waals surface area contributed by atoms with E-state index in [1.165, 1.54) is 0 Å². The smallest absolute Gasteiger partial charge is 0.349 e. The zero-order chi connectivity index (χ0) is 13.1. The molecule has 98 valence electrons. The van der Waals surface area contributed by atoms with Gasteiger partial charge in [-0.2, -0.15) is 0 Å². The molecule has 0 aromatic heterocycles. The fraction of sp³-hybridized carbons (Fsp3) is 0.500. The number of anilines is 1. The molecule has 4 heteroatoms. The van der Waals surface area contributed by atoms with Crippen molar-refractivity contribution in [2.24, 2.45) is 5.92 Å². The van der Waals surface area contributed by atoms with Crippen molar-refractivity contribution in [3.63, 3.8) is 0 Å². The van der Waals surface area contributed by atoms with Crippen LogP contribution in [0.15, 0.2) is 24.3 Å². The second-order valence-corrected chi connectivity index (χ2v) is 4.87. The number of carbonyl (C=O) groups excluding carboxylic acids is 1. The van der Waals surface area contributed by atoms with E-state index in [4.69, 9.17) is 9.47 Å². The molecule has 1 aliphatic heterocycles. The number of rotatable bonds is 3. The quantitative estimate of drug-likeness (QED) is 0.836. The van der Waals surface area contributed by atoms with Crippen LogP contribution in [-0.4, -0.2) is 24.7 Å². The minimum atomic E-state index is -0.568. The van der Waals surface area contributed by atoms with Gasteiger partial charge in [0.15, 0.2) is 0 Å². The first-order valence-electron chi connectivity index (χ1n) is 6.28. The summed E-state index contributed by atoms with van der Waals surface area (Å²) in [6.45, 7) is 6.38. The maximum absolute atomic E-state index is 11.9. The first-order chi connectivity index (χ1) is 8.58. The van der Waals surface area contributed by atoms with Crippen molar-refractivity contribution < 1.29 is 14.3 Å². The van der Waals surface area contributed by atoms with E-state index in [0.29, 0.717) is 18.2 Å². The van der Waals surface area contributed by atoms with Crippen LogP contribution in [0.25, 0.3) is 0 Å². The maximum Gasteiger partial charge on any atom is 0.349 e. The van der Waals surface area contributed by atoms with Gasteiger partial charge in [0.1, 0.15) is 11.9 Å². The highest BCUT2D eigenvalue weighted by atomic mass is 16.6. The van der Waals surface area contributed by atoms with Gasteiger partial charge in [-0.25, -0.2) is 4.79 Å². The van der Waals surface area contributed by atoms with Crippen molar-refractivity contribution in [2.75, 3.05) is 11.9 Å². The summed E-state index contributed by atoms with van der Waals surface area (Å²) in [7, 11) is 0. The molecule has 1 aromatic rings. The third-order valence-electron chi connectivity index (χ3n) is 3.14. The van der Waals surface area contributed by atoms with Gasteiger partial charge in [0.05, 0.1) is 12.2 Å². The summed E-state index contributed by atoms with van der Waals surface area (Å²) in [5.41, 5.74) is 0.915. The van der Waals surface area contributed by atoms with Gasteiger partial charge in [0, 0.05) is 0 Å². The van der Waals surface area contributed by atoms with Crippen LogP contribution in [0.3, 0.4) is 0 Å². The molecule has 0 amide bonds. The minimum absolute atomic E-state index is 0.0988. The SMILES string of the molecule is CC(C)C(C)OC(=O)C1CNc2ccccc2O1. The number of benzene rings is 1. The topological polar surface area (TPSA) is 47.6 Å². The Labute approximate surface area is 107 Å². The van der Waals surface area contributed by atoms with Crippen molar-refractivity contribution >= 4 is 11.7 Å². The maximum atomic E-state index is 11.9. The standard InChI is InChI=1S/C14H19NO3/c1-9(2)10(3)17-14(16)13-8-15-11-6-4-5-7-12(11)18-13/h4-7,9-10,13,15H,8H2,1-3H3. The molecule has 4 nitrogen and oxygen atoms in total. The molecule has 1 heterocycles. The van der Waals surface area contributed by atoms with Gasteiger partial charge < -0.3 is 14.8 Å². The average molecular weight is 249 g/mol. The molecule has 0 radical (unpaired) electrons. The number of hydrogen-bond acceptors (Lipinski definition) is 4. The first-order valence-corrected chi connectivity index (χ1v) is 6.28. The highest BCUT2D eigenvalue weighted by Crippen LogP contribution is 2.28. The molecule has 0 spiro atoms. The molecule has 1 N–H and O–H groups in total. The van der Waals surface area contributed by atoms with Crippen LogP contribution in [0.1, 0.15) is 20.8 Å². The summed E-state index contributed by atoms with van der Waals surface area (Å²) >= 11 is 0. The summed E-state index contributed by atoms with van der Waals surface area (Å²) in [6.07, 6.45) is -0.667. The second-order valence-electron chi connectivity index (χ2n) is 4.87. The summed E-state index contributed by atoms with van der Waals surface area (Å²) in [4.78, 5) is 11.9. The van der Waals surface area contributed by atoms with Gasteiger partial charge in [-0.15, -0.1) is 0 Å². The molecule has 0 bridgehead atoms. The number of para-hydroxylation sites is 2. The lowest BCUT2D eigenvalue weighted by molar-refractivity contribution is -0.158. The van der Waals surface area contributed by atoms with Gasteiger partial charge >= 0.3 is 5.97 Å². The molecule has 0 saturated heterocycles.